The number of urea groups is 1. The second-order valence-corrected chi connectivity index (χ2v) is 9.00. The number of piperidine rings is 1. The first kappa shape index (κ1) is 16.2. The monoisotopic (exact) mass is 340 g/mol. The zero-order valence-electron chi connectivity index (χ0n) is 13.3. The fourth-order valence-corrected chi connectivity index (χ4v) is 4.75. The van der Waals surface area contributed by atoms with Crippen molar-refractivity contribution >= 4 is 15.9 Å². The number of carbonyl (C=O) groups is 1. The lowest BCUT2D eigenvalue weighted by molar-refractivity contribution is 0.197. The number of nitrogens with one attached hydrogen (secondary N) is 1. The van der Waals surface area contributed by atoms with Crippen molar-refractivity contribution in [2.45, 2.75) is 18.7 Å². The van der Waals surface area contributed by atoms with Crippen molar-refractivity contribution < 1.29 is 17.6 Å². The molecule has 2 fully saturated rings. The minimum Gasteiger partial charge on any atom is -0.337 e. The molecule has 1 saturated heterocycles. The van der Waals surface area contributed by atoms with Gasteiger partial charge in [0.15, 0.2) is 9.84 Å². The summed E-state index contributed by atoms with van der Waals surface area (Å²) in [6.07, 6.45) is 0. The Morgan fingerprint density at radius 1 is 1.30 bits per heavy atom. The van der Waals surface area contributed by atoms with Gasteiger partial charge in [-0.05, 0) is 29.4 Å². The summed E-state index contributed by atoms with van der Waals surface area (Å²) in [7, 11) is -3.74. The van der Waals surface area contributed by atoms with E-state index in [0.717, 1.165) is 19.2 Å². The smallest absolute Gasteiger partial charge is 0.317 e. The molecule has 1 saturated carbocycles. The van der Waals surface area contributed by atoms with E-state index in [4.69, 9.17) is 0 Å². The second-order valence-electron chi connectivity index (χ2n) is 6.92. The van der Waals surface area contributed by atoms with Crippen LogP contribution < -0.4 is 5.32 Å². The van der Waals surface area contributed by atoms with Gasteiger partial charge in [-0.3, -0.25) is 0 Å². The summed E-state index contributed by atoms with van der Waals surface area (Å²) in [6, 6.07) is 5.03. The molecule has 0 spiro atoms. The second kappa shape index (κ2) is 5.47. The molecular formula is C16H21FN2O3S. The van der Waals surface area contributed by atoms with Gasteiger partial charge in [0.25, 0.3) is 0 Å². The van der Waals surface area contributed by atoms with Crippen molar-refractivity contribution in [3.8, 4) is 0 Å². The van der Waals surface area contributed by atoms with Crippen LogP contribution in [0.1, 0.15) is 13.8 Å². The fourth-order valence-electron chi connectivity index (χ4n) is 3.51. The van der Waals surface area contributed by atoms with Crippen LogP contribution in [0.5, 0.6) is 0 Å². The predicted molar refractivity (Wildman–Crippen MR) is 84.2 cm³/mol. The van der Waals surface area contributed by atoms with Gasteiger partial charge < -0.3 is 10.2 Å². The highest BCUT2D eigenvalue weighted by molar-refractivity contribution is 7.91. The number of benzene rings is 1. The topological polar surface area (TPSA) is 66.5 Å². The lowest BCUT2D eigenvalue weighted by Crippen LogP contribution is -2.42. The lowest BCUT2D eigenvalue weighted by atomic mass is 10.1. The lowest BCUT2D eigenvalue weighted by Gasteiger charge is -2.22. The van der Waals surface area contributed by atoms with E-state index in [0.29, 0.717) is 17.3 Å². The number of rotatable bonds is 4. The van der Waals surface area contributed by atoms with Crippen LogP contribution in [0.25, 0.3) is 0 Å². The van der Waals surface area contributed by atoms with Crippen LogP contribution in [0.4, 0.5) is 9.18 Å². The molecule has 1 aromatic carbocycles. The summed E-state index contributed by atoms with van der Waals surface area (Å²) in [5.74, 6) is 0.0257. The maximum atomic E-state index is 13.6. The van der Waals surface area contributed by atoms with Crippen molar-refractivity contribution in [3.63, 3.8) is 0 Å². The minimum atomic E-state index is -3.74. The Hall–Kier alpha value is -1.63. The van der Waals surface area contributed by atoms with E-state index in [1.165, 1.54) is 18.2 Å². The van der Waals surface area contributed by atoms with Crippen LogP contribution >= 0.6 is 0 Å². The third-order valence-electron chi connectivity index (χ3n) is 5.23. The van der Waals surface area contributed by atoms with Gasteiger partial charge in [0.1, 0.15) is 10.7 Å². The number of nitrogens with zero attached hydrogens (tertiary/aromatic N) is 1. The van der Waals surface area contributed by atoms with E-state index in [2.05, 4.69) is 19.2 Å². The molecule has 0 bridgehead atoms. The average molecular weight is 340 g/mol. The Morgan fingerprint density at radius 3 is 2.52 bits per heavy atom. The van der Waals surface area contributed by atoms with Gasteiger partial charge in [-0.2, -0.15) is 0 Å². The van der Waals surface area contributed by atoms with Crippen molar-refractivity contribution in [1.82, 2.24) is 10.2 Å². The van der Waals surface area contributed by atoms with Gasteiger partial charge in [0, 0.05) is 19.6 Å². The van der Waals surface area contributed by atoms with Gasteiger partial charge >= 0.3 is 6.03 Å². The normalized spacial score (nSPS) is 25.1. The van der Waals surface area contributed by atoms with E-state index in [9.17, 15) is 17.6 Å². The summed E-state index contributed by atoms with van der Waals surface area (Å²) in [4.78, 5) is 13.5. The largest absolute Gasteiger partial charge is 0.337 e. The Kier molecular flexibility index (Phi) is 3.86. The van der Waals surface area contributed by atoms with E-state index < -0.39 is 15.7 Å². The number of hydrogen-bond donors (Lipinski definition) is 1. The molecule has 1 aromatic rings. The molecule has 2 aliphatic rings. The van der Waals surface area contributed by atoms with Crippen LogP contribution in [0.15, 0.2) is 29.2 Å². The van der Waals surface area contributed by atoms with Crippen molar-refractivity contribution in [2.24, 2.45) is 17.3 Å². The number of fused-ring (bicyclic) bond motifs is 1. The average Bonchev–Trinajstić information content (AvgIpc) is 2.86. The predicted octanol–water partition coefficient (Wildman–Crippen LogP) is 1.90. The van der Waals surface area contributed by atoms with Crippen molar-refractivity contribution in [2.75, 3.05) is 25.4 Å². The molecule has 1 aliphatic heterocycles. The zero-order valence-corrected chi connectivity index (χ0v) is 14.1. The maximum absolute atomic E-state index is 13.6. The molecule has 0 unspecified atom stereocenters. The Bertz CT molecular complexity index is 719. The molecule has 0 radical (unpaired) electrons. The first-order valence-electron chi connectivity index (χ1n) is 7.73. The summed E-state index contributed by atoms with van der Waals surface area (Å²) >= 11 is 0. The van der Waals surface area contributed by atoms with Gasteiger partial charge in [-0.15, -0.1) is 0 Å². The quantitative estimate of drug-likeness (QED) is 0.910. The zero-order chi connectivity index (χ0) is 16.8. The Labute approximate surface area is 135 Å². The number of sulfone groups is 1. The Balaban J connectivity index is 1.50. The summed E-state index contributed by atoms with van der Waals surface area (Å²) in [5.41, 5.74) is 0.324. The third-order valence-corrected chi connectivity index (χ3v) is 6.97. The molecule has 1 N–H and O–H groups in total. The molecule has 1 aliphatic carbocycles. The number of likely N-dealkylation sites (tertiary alicyclic amines) is 1. The van der Waals surface area contributed by atoms with Crippen LogP contribution in [-0.4, -0.2) is 44.7 Å². The van der Waals surface area contributed by atoms with Crippen LogP contribution in [0.2, 0.25) is 0 Å². The SMILES string of the molecule is CC1(C)[C@H]2CN(C(=O)NCCS(=O)(=O)c3ccccc3F)C[C@@H]21. The van der Waals surface area contributed by atoms with Crippen molar-refractivity contribution in [1.29, 1.82) is 0 Å². The minimum absolute atomic E-state index is 0.0231. The van der Waals surface area contributed by atoms with Gasteiger partial charge in [-0.25, -0.2) is 17.6 Å². The summed E-state index contributed by atoms with van der Waals surface area (Å²) in [6.45, 7) is 5.84. The number of hydrogen-bond acceptors (Lipinski definition) is 3. The molecule has 126 valence electrons. The number of carbonyl (C=O) groups excluding carboxylic acids is 1. The number of halogens is 1. The summed E-state index contributed by atoms with van der Waals surface area (Å²) in [5, 5.41) is 2.62. The molecule has 0 aromatic heterocycles. The standard InChI is InChI=1S/C16H21FN2O3S/c1-16(2)11-9-19(10-12(11)16)15(20)18-7-8-23(21,22)14-6-4-3-5-13(14)17/h3-6,11-12H,7-10H2,1-2H3,(H,18,20)/t11-,12-/m0/s1. The first-order chi connectivity index (χ1) is 10.7. The maximum Gasteiger partial charge on any atom is 0.317 e. The Morgan fingerprint density at radius 2 is 1.91 bits per heavy atom. The van der Waals surface area contributed by atoms with E-state index in [1.54, 1.807) is 4.90 Å². The fraction of sp³-hybridized carbons (Fsp3) is 0.562. The third kappa shape index (κ3) is 2.94. The molecule has 2 amide bonds. The molecule has 23 heavy (non-hydrogen) atoms. The van der Waals surface area contributed by atoms with Gasteiger partial charge in [-0.1, -0.05) is 26.0 Å². The van der Waals surface area contributed by atoms with E-state index in [1.807, 2.05) is 0 Å². The van der Waals surface area contributed by atoms with Crippen LogP contribution in [0, 0.1) is 23.1 Å². The van der Waals surface area contributed by atoms with E-state index in [-0.39, 0.29) is 23.2 Å². The molecule has 3 rings (SSSR count). The van der Waals surface area contributed by atoms with Gasteiger partial charge in [0.05, 0.1) is 5.75 Å². The molecular weight excluding hydrogens is 319 g/mol. The van der Waals surface area contributed by atoms with Gasteiger partial charge in [0.2, 0.25) is 0 Å². The molecule has 5 nitrogen and oxygen atoms in total. The molecule has 1 heterocycles. The highest BCUT2D eigenvalue weighted by Crippen LogP contribution is 2.61. The highest BCUT2D eigenvalue weighted by atomic mass is 32.2. The highest BCUT2D eigenvalue weighted by Gasteiger charge is 2.62. The first-order valence-corrected chi connectivity index (χ1v) is 9.39. The van der Waals surface area contributed by atoms with Crippen LogP contribution in [-0.2, 0) is 9.84 Å². The summed E-state index contributed by atoms with van der Waals surface area (Å²) < 4.78 is 37.8. The molecule has 7 heteroatoms. The number of amides is 2. The van der Waals surface area contributed by atoms with Crippen LogP contribution in [0.3, 0.4) is 0 Å². The van der Waals surface area contributed by atoms with E-state index >= 15 is 0 Å². The van der Waals surface area contributed by atoms with Crippen molar-refractivity contribution in [3.05, 3.63) is 30.1 Å². The molecule has 2 atom stereocenters.